The van der Waals surface area contributed by atoms with Crippen LogP contribution in [0.15, 0.2) is 0 Å². The molecule has 2 atom stereocenters. The van der Waals surface area contributed by atoms with Crippen LogP contribution in [0.1, 0.15) is 46.0 Å². The van der Waals surface area contributed by atoms with Crippen molar-refractivity contribution in [1.29, 1.82) is 0 Å². The van der Waals surface area contributed by atoms with Crippen LogP contribution in [0.4, 0.5) is 0 Å². The van der Waals surface area contributed by atoms with E-state index in [4.69, 9.17) is 22.2 Å². The molecular weight excluding hydrogens is 257 g/mol. The number of fused-ring (bicyclic) bond motifs is 1. The van der Waals surface area contributed by atoms with Gasteiger partial charge in [-0.25, -0.2) is 0 Å². The zero-order valence-electron chi connectivity index (χ0n) is 10.4. The fraction of sp³-hybridized carbons (Fsp3) is 1.00. The zero-order chi connectivity index (χ0) is 11.8. The lowest BCUT2D eigenvalue weighted by molar-refractivity contribution is 0.259. The van der Waals surface area contributed by atoms with Crippen molar-refractivity contribution < 1.29 is 0 Å². The minimum atomic E-state index is -2.16. The van der Waals surface area contributed by atoms with E-state index in [1.165, 1.54) is 32.1 Å². The zero-order valence-corrected chi connectivity index (χ0v) is 12.9. The summed E-state index contributed by atoms with van der Waals surface area (Å²) in [7, 11) is 0. The van der Waals surface area contributed by atoms with Crippen molar-refractivity contribution in [1.82, 2.24) is 4.57 Å². The van der Waals surface area contributed by atoms with Crippen molar-refractivity contribution >= 4 is 29.0 Å². The lowest BCUT2D eigenvalue weighted by Crippen LogP contribution is -2.50. The Hall–Kier alpha value is 0.757. The van der Waals surface area contributed by atoms with Gasteiger partial charge in [0.05, 0.1) is 0 Å². The molecule has 2 aliphatic rings. The molecule has 1 heterocycles. The van der Waals surface area contributed by atoms with Crippen LogP contribution in [0.5, 0.6) is 0 Å². The van der Waals surface area contributed by atoms with Gasteiger partial charge >= 0.3 is 6.86 Å². The molecule has 2 fully saturated rings. The normalized spacial score (nSPS) is 32.1. The van der Waals surface area contributed by atoms with Gasteiger partial charge in [0, 0.05) is 6.04 Å². The minimum absolute atomic E-state index is 0.615. The standard InChI is InChI=1S/C12H23Cl2NSi/c1-10(2)9-16(13,14)15-8-7-11-5-3-4-6-12(11)15/h10-12H,3-9H2,1-2H3. The summed E-state index contributed by atoms with van der Waals surface area (Å²) in [4.78, 5) is 0. The summed E-state index contributed by atoms with van der Waals surface area (Å²) < 4.78 is 2.51. The minimum Gasteiger partial charge on any atom is -0.297 e. The average molecular weight is 280 g/mol. The molecule has 1 nitrogen and oxygen atoms in total. The van der Waals surface area contributed by atoms with Crippen molar-refractivity contribution in [2.24, 2.45) is 11.8 Å². The first-order valence-corrected chi connectivity index (χ1v) is 10.8. The van der Waals surface area contributed by atoms with Gasteiger partial charge in [0.25, 0.3) is 0 Å². The van der Waals surface area contributed by atoms with Crippen LogP contribution in [0, 0.1) is 11.8 Å². The van der Waals surface area contributed by atoms with Crippen LogP contribution in [0.2, 0.25) is 6.04 Å². The summed E-state index contributed by atoms with van der Waals surface area (Å²) in [6, 6.07) is 1.73. The Kier molecular flexibility index (Phi) is 4.27. The molecule has 1 aliphatic heterocycles. The second kappa shape index (κ2) is 5.17. The van der Waals surface area contributed by atoms with Crippen LogP contribution in [-0.4, -0.2) is 24.0 Å². The van der Waals surface area contributed by atoms with Gasteiger partial charge in [0.1, 0.15) is 0 Å². The third kappa shape index (κ3) is 2.77. The van der Waals surface area contributed by atoms with E-state index in [1.807, 2.05) is 0 Å². The molecule has 0 spiro atoms. The predicted octanol–water partition coefficient (Wildman–Crippen LogP) is 4.32. The van der Waals surface area contributed by atoms with Gasteiger partial charge in [-0.15, -0.1) is 22.2 Å². The molecule has 0 bridgehead atoms. The third-order valence-corrected chi connectivity index (χ3v) is 9.02. The molecule has 0 aromatic rings. The SMILES string of the molecule is CC(C)C[Si](Cl)(Cl)N1CCC2CCCCC21. The summed E-state index contributed by atoms with van der Waals surface area (Å²) >= 11 is 13.4. The van der Waals surface area contributed by atoms with E-state index in [-0.39, 0.29) is 0 Å². The van der Waals surface area contributed by atoms with Gasteiger partial charge in [-0.2, -0.15) is 0 Å². The fourth-order valence-electron chi connectivity index (χ4n) is 3.42. The van der Waals surface area contributed by atoms with Gasteiger partial charge in [-0.3, -0.25) is 4.57 Å². The van der Waals surface area contributed by atoms with Crippen molar-refractivity contribution in [2.45, 2.75) is 58.0 Å². The summed E-state index contributed by atoms with van der Waals surface area (Å²) in [5.41, 5.74) is 0. The monoisotopic (exact) mass is 279 g/mol. The number of hydrogen-bond acceptors (Lipinski definition) is 1. The summed E-state index contributed by atoms with van der Waals surface area (Å²) in [5.74, 6) is 1.51. The highest BCUT2D eigenvalue weighted by molar-refractivity contribution is 7.44. The van der Waals surface area contributed by atoms with Gasteiger partial charge < -0.3 is 0 Å². The quantitative estimate of drug-likeness (QED) is 0.549. The van der Waals surface area contributed by atoms with E-state index in [0.29, 0.717) is 12.0 Å². The summed E-state index contributed by atoms with van der Waals surface area (Å²) in [6.45, 7) is 3.44. The first-order chi connectivity index (χ1) is 7.50. The molecule has 4 heteroatoms. The van der Waals surface area contributed by atoms with Crippen molar-refractivity contribution in [3.63, 3.8) is 0 Å². The van der Waals surface area contributed by atoms with E-state index >= 15 is 0 Å². The maximum atomic E-state index is 6.69. The van der Waals surface area contributed by atoms with Crippen molar-refractivity contribution in [3.8, 4) is 0 Å². The molecule has 1 aliphatic carbocycles. The second-order valence-corrected chi connectivity index (χ2v) is 12.5. The highest BCUT2D eigenvalue weighted by atomic mass is 35.7. The van der Waals surface area contributed by atoms with E-state index in [0.717, 1.165) is 18.5 Å². The topological polar surface area (TPSA) is 3.24 Å². The Morgan fingerprint density at radius 3 is 2.56 bits per heavy atom. The molecular formula is C12H23Cl2NSi. The Morgan fingerprint density at radius 1 is 1.19 bits per heavy atom. The molecule has 0 aromatic carbocycles. The predicted molar refractivity (Wildman–Crippen MR) is 74.2 cm³/mol. The van der Waals surface area contributed by atoms with Crippen LogP contribution in [0.25, 0.3) is 0 Å². The van der Waals surface area contributed by atoms with E-state index in [1.54, 1.807) is 0 Å². The summed E-state index contributed by atoms with van der Waals surface area (Å²) in [6.07, 6.45) is 6.85. The Labute approximate surface area is 110 Å². The number of hydrogen-bond donors (Lipinski definition) is 0. The van der Waals surface area contributed by atoms with E-state index < -0.39 is 6.86 Å². The largest absolute Gasteiger partial charge is 0.325 e. The number of nitrogens with zero attached hydrogens (tertiary/aromatic N) is 1. The molecule has 2 unspecified atom stereocenters. The Bertz CT molecular complexity index is 245. The molecule has 2 rings (SSSR count). The van der Waals surface area contributed by atoms with Crippen molar-refractivity contribution in [3.05, 3.63) is 0 Å². The average Bonchev–Trinajstić information content (AvgIpc) is 2.59. The number of halogens is 2. The second-order valence-electron chi connectivity index (χ2n) is 5.86. The maximum absolute atomic E-state index is 6.69. The molecule has 1 saturated carbocycles. The van der Waals surface area contributed by atoms with E-state index in [2.05, 4.69) is 18.4 Å². The molecule has 94 valence electrons. The lowest BCUT2D eigenvalue weighted by Gasteiger charge is -2.38. The van der Waals surface area contributed by atoms with Gasteiger partial charge in [0.2, 0.25) is 0 Å². The van der Waals surface area contributed by atoms with Crippen LogP contribution >= 0.6 is 22.2 Å². The van der Waals surface area contributed by atoms with Gasteiger partial charge in [-0.1, -0.05) is 26.7 Å². The first kappa shape index (κ1) is 13.2. The van der Waals surface area contributed by atoms with Crippen molar-refractivity contribution in [2.75, 3.05) is 6.54 Å². The fourth-order valence-corrected chi connectivity index (χ4v) is 9.03. The Balaban J connectivity index is 2.03. The first-order valence-electron chi connectivity index (χ1n) is 6.65. The molecule has 0 radical (unpaired) electrons. The third-order valence-electron chi connectivity index (χ3n) is 4.08. The van der Waals surface area contributed by atoms with Gasteiger partial charge in [0.15, 0.2) is 0 Å². The highest BCUT2D eigenvalue weighted by Gasteiger charge is 2.47. The molecule has 0 N–H and O–H groups in total. The van der Waals surface area contributed by atoms with Crippen LogP contribution in [-0.2, 0) is 0 Å². The van der Waals surface area contributed by atoms with Crippen LogP contribution in [0.3, 0.4) is 0 Å². The molecule has 0 amide bonds. The van der Waals surface area contributed by atoms with Gasteiger partial charge in [-0.05, 0) is 43.7 Å². The Morgan fingerprint density at radius 2 is 1.88 bits per heavy atom. The number of rotatable bonds is 3. The lowest BCUT2D eigenvalue weighted by atomic mass is 9.86. The molecule has 0 aromatic heterocycles. The highest BCUT2D eigenvalue weighted by Crippen LogP contribution is 2.42. The maximum Gasteiger partial charge on any atom is 0.325 e. The van der Waals surface area contributed by atoms with Crippen LogP contribution < -0.4 is 0 Å². The molecule has 1 saturated heterocycles. The smallest absolute Gasteiger partial charge is 0.297 e. The summed E-state index contributed by atoms with van der Waals surface area (Å²) in [5, 5.41) is 0. The van der Waals surface area contributed by atoms with E-state index in [9.17, 15) is 0 Å². The molecule has 16 heavy (non-hydrogen) atoms.